The summed E-state index contributed by atoms with van der Waals surface area (Å²) in [5.74, 6) is 0.391. The molecule has 0 saturated carbocycles. The highest BCUT2D eigenvalue weighted by atomic mass is 32.2. The summed E-state index contributed by atoms with van der Waals surface area (Å²) in [6, 6.07) is 3.46. The SMILES string of the molecule is CC(C)c1ccc(S(=O)(=O)N2C=CN([N+](=O)[O-])N2)c(C(C)C)c1C(C)C. The van der Waals surface area contributed by atoms with Gasteiger partial charge in [0.15, 0.2) is 5.03 Å². The van der Waals surface area contributed by atoms with Gasteiger partial charge < -0.3 is 0 Å². The molecule has 1 aliphatic rings. The Morgan fingerprint density at radius 2 is 1.54 bits per heavy atom. The van der Waals surface area contributed by atoms with Crippen LogP contribution < -0.4 is 5.53 Å². The minimum atomic E-state index is -3.99. The predicted octanol–water partition coefficient (Wildman–Crippen LogP) is 3.45. The van der Waals surface area contributed by atoms with Crippen LogP contribution in [0.3, 0.4) is 0 Å². The van der Waals surface area contributed by atoms with Crippen molar-refractivity contribution in [2.45, 2.75) is 64.2 Å². The summed E-state index contributed by atoms with van der Waals surface area (Å²) in [5.41, 5.74) is 5.17. The molecular formula is C17H26N4O4S. The molecule has 144 valence electrons. The number of hydrogen-bond acceptors (Lipinski definition) is 5. The molecule has 1 aromatic rings. The second-order valence-corrected chi connectivity index (χ2v) is 9.01. The summed E-state index contributed by atoms with van der Waals surface area (Å²) in [6.07, 6.45) is 2.19. The second-order valence-electron chi connectivity index (χ2n) is 7.23. The van der Waals surface area contributed by atoms with Crippen molar-refractivity contribution < 1.29 is 13.5 Å². The van der Waals surface area contributed by atoms with Crippen LogP contribution in [0.15, 0.2) is 29.4 Å². The Hall–Kier alpha value is -2.13. The molecule has 26 heavy (non-hydrogen) atoms. The summed E-state index contributed by atoms with van der Waals surface area (Å²) < 4.78 is 27.1. The van der Waals surface area contributed by atoms with E-state index in [1.165, 1.54) is 0 Å². The van der Waals surface area contributed by atoms with E-state index in [-0.39, 0.29) is 22.6 Å². The molecule has 0 aliphatic carbocycles. The van der Waals surface area contributed by atoms with Crippen molar-refractivity contribution in [2.24, 2.45) is 0 Å². The van der Waals surface area contributed by atoms with Crippen molar-refractivity contribution in [1.82, 2.24) is 15.1 Å². The minimum Gasteiger partial charge on any atom is -0.233 e. The van der Waals surface area contributed by atoms with E-state index >= 15 is 0 Å². The molecule has 0 fully saturated rings. The predicted molar refractivity (Wildman–Crippen MR) is 98.8 cm³/mol. The first-order chi connectivity index (χ1) is 12.0. The average Bonchev–Trinajstić information content (AvgIpc) is 3.04. The standard InChI is InChI=1S/C17H26N4O4S/c1-11(2)14-7-8-15(17(13(5)6)16(14)12(3)4)26(24,25)20-10-9-19(18-20)21(22)23/h7-13,18H,1-6H3. The Labute approximate surface area is 154 Å². The highest BCUT2D eigenvalue weighted by molar-refractivity contribution is 7.89. The fraction of sp³-hybridized carbons (Fsp3) is 0.529. The summed E-state index contributed by atoms with van der Waals surface area (Å²) in [5, 5.41) is 10.6. The number of hydrazine groups is 3. The van der Waals surface area contributed by atoms with Crippen molar-refractivity contribution in [3.63, 3.8) is 0 Å². The average molecular weight is 382 g/mol. The van der Waals surface area contributed by atoms with Crippen molar-refractivity contribution in [1.29, 1.82) is 0 Å². The smallest absolute Gasteiger partial charge is 0.233 e. The highest BCUT2D eigenvalue weighted by Gasteiger charge is 2.34. The lowest BCUT2D eigenvalue weighted by atomic mass is 9.83. The third kappa shape index (κ3) is 3.54. The molecular weight excluding hydrogens is 356 g/mol. The first-order valence-electron chi connectivity index (χ1n) is 8.57. The summed E-state index contributed by atoms with van der Waals surface area (Å²) in [4.78, 5) is 11.0. The normalized spacial score (nSPS) is 15.0. The number of sulfonamides is 1. The van der Waals surface area contributed by atoms with E-state index in [0.29, 0.717) is 5.12 Å². The largest absolute Gasteiger partial charge is 0.279 e. The number of benzene rings is 1. The molecule has 0 amide bonds. The number of nitrogens with one attached hydrogen (secondary N) is 1. The fourth-order valence-corrected chi connectivity index (χ4v) is 4.70. The Bertz CT molecular complexity index is 831. The van der Waals surface area contributed by atoms with Gasteiger partial charge in [-0.3, -0.25) is 0 Å². The van der Waals surface area contributed by atoms with Gasteiger partial charge in [0.1, 0.15) is 6.20 Å². The van der Waals surface area contributed by atoms with Gasteiger partial charge in [-0.2, -0.15) is 12.8 Å². The molecule has 1 aromatic carbocycles. The number of nitro groups is 1. The van der Waals surface area contributed by atoms with E-state index in [2.05, 4.69) is 19.4 Å². The van der Waals surface area contributed by atoms with E-state index in [9.17, 15) is 18.5 Å². The highest BCUT2D eigenvalue weighted by Crippen LogP contribution is 2.38. The van der Waals surface area contributed by atoms with Gasteiger partial charge in [0.25, 0.3) is 10.0 Å². The molecule has 0 atom stereocenters. The Morgan fingerprint density at radius 1 is 0.962 bits per heavy atom. The zero-order valence-electron chi connectivity index (χ0n) is 15.9. The molecule has 1 heterocycles. The third-order valence-corrected chi connectivity index (χ3v) is 5.95. The van der Waals surface area contributed by atoms with E-state index in [1.807, 2.05) is 33.8 Å². The molecule has 1 aliphatic heterocycles. The van der Waals surface area contributed by atoms with Gasteiger partial charge >= 0.3 is 0 Å². The lowest BCUT2D eigenvalue weighted by molar-refractivity contribution is -0.655. The topological polar surface area (TPSA) is 95.8 Å². The lowest BCUT2D eigenvalue weighted by Crippen LogP contribution is -2.45. The summed E-state index contributed by atoms with van der Waals surface area (Å²) >= 11 is 0. The van der Waals surface area contributed by atoms with Crippen LogP contribution in [0.4, 0.5) is 0 Å². The summed E-state index contributed by atoms with van der Waals surface area (Å²) in [6.45, 7) is 12.2. The number of rotatable bonds is 6. The van der Waals surface area contributed by atoms with Crippen molar-refractivity contribution in [2.75, 3.05) is 0 Å². The minimum absolute atomic E-state index is 0.0194. The van der Waals surface area contributed by atoms with Gasteiger partial charge in [-0.15, -0.1) is 0 Å². The van der Waals surface area contributed by atoms with Crippen LogP contribution in [0.2, 0.25) is 0 Å². The third-order valence-electron chi connectivity index (χ3n) is 4.31. The molecule has 0 radical (unpaired) electrons. The van der Waals surface area contributed by atoms with Gasteiger partial charge in [0, 0.05) is 0 Å². The molecule has 2 rings (SSSR count). The molecule has 1 N–H and O–H groups in total. The van der Waals surface area contributed by atoms with Gasteiger partial charge in [-0.25, -0.2) is 10.1 Å². The van der Waals surface area contributed by atoms with Crippen LogP contribution in [0.25, 0.3) is 0 Å². The molecule has 0 aromatic heterocycles. The molecule has 0 bridgehead atoms. The van der Waals surface area contributed by atoms with E-state index in [4.69, 9.17) is 0 Å². The zero-order chi connectivity index (χ0) is 19.8. The molecule has 8 nitrogen and oxygen atoms in total. The molecule has 9 heteroatoms. The molecule has 0 spiro atoms. The van der Waals surface area contributed by atoms with Gasteiger partial charge in [0.05, 0.1) is 11.1 Å². The monoisotopic (exact) mass is 382 g/mol. The van der Waals surface area contributed by atoms with Gasteiger partial charge in [0.2, 0.25) is 0 Å². The zero-order valence-corrected chi connectivity index (χ0v) is 16.7. The fourth-order valence-electron chi connectivity index (χ4n) is 3.22. The van der Waals surface area contributed by atoms with Crippen LogP contribution in [-0.4, -0.2) is 23.0 Å². The van der Waals surface area contributed by atoms with Crippen LogP contribution in [-0.2, 0) is 10.0 Å². The van der Waals surface area contributed by atoms with Crippen molar-refractivity contribution in [3.05, 3.63) is 51.3 Å². The molecule has 0 saturated heterocycles. The van der Waals surface area contributed by atoms with Crippen molar-refractivity contribution >= 4 is 10.0 Å². The quantitative estimate of drug-likeness (QED) is 0.598. The van der Waals surface area contributed by atoms with Crippen LogP contribution in [0.1, 0.15) is 76.0 Å². The summed E-state index contributed by atoms with van der Waals surface area (Å²) in [7, 11) is -3.99. The van der Waals surface area contributed by atoms with Gasteiger partial charge in [-0.1, -0.05) is 53.1 Å². The maximum Gasteiger partial charge on any atom is 0.279 e. The maximum atomic E-state index is 13.1. The Morgan fingerprint density at radius 3 is 1.96 bits per heavy atom. The van der Waals surface area contributed by atoms with Crippen LogP contribution in [0, 0.1) is 10.1 Å². The number of hydrogen-bond donors (Lipinski definition) is 1. The first kappa shape index (κ1) is 20.2. The van der Waals surface area contributed by atoms with Gasteiger partial charge in [-0.05, 0) is 45.6 Å². The maximum absolute atomic E-state index is 13.1. The Kier molecular flexibility index (Phi) is 5.62. The van der Waals surface area contributed by atoms with E-state index in [1.54, 1.807) is 6.07 Å². The van der Waals surface area contributed by atoms with Crippen LogP contribution >= 0.6 is 0 Å². The van der Waals surface area contributed by atoms with Crippen molar-refractivity contribution in [3.8, 4) is 0 Å². The Balaban J connectivity index is 2.64. The second kappa shape index (κ2) is 7.24. The van der Waals surface area contributed by atoms with E-state index in [0.717, 1.165) is 33.5 Å². The van der Waals surface area contributed by atoms with Crippen LogP contribution in [0.5, 0.6) is 0 Å². The first-order valence-corrected chi connectivity index (χ1v) is 10.0. The number of nitrogens with zero attached hydrogens (tertiary/aromatic N) is 3. The lowest BCUT2D eigenvalue weighted by Gasteiger charge is -2.27. The molecule has 0 unspecified atom stereocenters. The van der Waals surface area contributed by atoms with E-state index < -0.39 is 15.1 Å².